The van der Waals surface area contributed by atoms with Gasteiger partial charge in [0.15, 0.2) is 12.4 Å². The number of aliphatic imine (C=N–C) groups is 1. The van der Waals surface area contributed by atoms with Gasteiger partial charge in [0.25, 0.3) is 6.73 Å². The van der Waals surface area contributed by atoms with Gasteiger partial charge < -0.3 is 34.5 Å². The van der Waals surface area contributed by atoms with Gasteiger partial charge in [-0.2, -0.15) is 9.83 Å². The van der Waals surface area contributed by atoms with Crippen LogP contribution in [0.2, 0.25) is 5.02 Å². The van der Waals surface area contributed by atoms with Crippen molar-refractivity contribution in [2.45, 2.75) is 78.0 Å². The molecule has 0 unspecified atom stereocenters. The number of nitrogens with zero attached hydrogens (tertiary/aromatic N) is 5. The second-order valence-electron chi connectivity index (χ2n) is 12.1. The summed E-state index contributed by atoms with van der Waals surface area (Å²) in [6.45, 7) is 8.26. The average molecular weight is 658 g/mol. The fourth-order valence-electron chi connectivity index (χ4n) is 4.86. The van der Waals surface area contributed by atoms with Gasteiger partial charge in [-0.1, -0.05) is 24.4 Å². The molecule has 1 aliphatic rings. The predicted octanol–water partition coefficient (Wildman–Crippen LogP) is 6.02. The predicted molar refractivity (Wildman–Crippen MR) is 174 cm³/mol. The van der Waals surface area contributed by atoms with Crippen molar-refractivity contribution < 1.29 is 33.1 Å². The summed E-state index contributed by atoms with van der Waals surface area (Å²) < 4.78 is 23.4. The topological polar surface area (TPSA) is 144 Å². The fourth-order valence-corrected chi connectivity index (χ4v) is 4.98. The summed E-state index contributed by atoms with van der Waals surface area (Å²) in [5, 5.41) is 9.70. The molecule has 1 aromatic carbocycles. The molecule has 46 heavy (non-hydrogen) atoms. The molecule has 1 aliphatic heterocycles. The van der Waals surface area contributed by atoms with Gasteiger partial charge >= 0.3 is 12.2 Å². The number of amides is 1. The first-order valence-corrected chi connectivity index (χ1v) is 16.1. The molecule has 250 valence electrons. The van der Waals surface area contributed by atoms with E-state index in [-0.39, 0.29) is 25.4 Å². The molecule has 12 nitrogen and oxygen atoms in total. The number of ether oxygens (including phenoxy) is 4. The van der Waals surface area contributed by atoms with Gasteiger partial charge in [-0.15, -0.1) is 4.99 Å². The lowest BCUT2D eigenvalue weighted by atomic mass is 9.94. The Kier molecular flexibility index (Phi) is 14.7. The lowest BCUT2D eigenvalue weighted by Gasteiger charge is -2.33. The number of guanidine groups is 1. The van der Waals surface area contributed by atoms with Gasteiger partial charge in [0.2, 0.25) is 12.2 Å². The number of nitrogens with two attached hydrogens (primary N) is 1. The summed E-state index contributed by atoms with van der Waals surface area (Å²) in [6.07, 6.45) is 10.3. The maximum Gasteiger partial charge on any atom is 0.513 e. The van der Waals surface area contributed by atoms with Gasteiger partial charge in [-0.05, 0) is 83.1 Å². The lowest BCUT2D eigenvalue weighted by Crippen LogP contribution is -2.41. The molecule has 0 saturated carbocycles. The van der Waals surface area contributed by atoms with E-state index in [0.717, 1.165) is 50.0 Å². The number of benzene rings is 1. The Labute approximate surface area is 276 Å². The first-order valence-electron chi connectivity index (χ1n) is 15.7. The summed E-state index contributed by atoms with van der Waals surface area (Å²) in [4.78, 5) is 31.6. The summed E-state index contributed by atoms with van der Waals surface area (Å²) in [6, 6.07) is 10.9. The fraction of sp³-hybridized carbons (Fsp3) is 0.545. The van der Waals surface area contributed by atoms with Crippen LogP contribution in [0.15, 0.2) is 53.8 Å². The number of halogens is 1. The molecule has 3 rings (SSSR count). The second kappa shape index (κ2) is 18.7. The van der Waals surface area contributed by atoms with Crippen molar-refractivity contribution in [2.24, 2.45) is 16.6 Å². The molecule has 13 heteroatoms. The van der Waals surface area contributed by atoms with E-state index < -0.39 is 11.8 Å². The van der Waals surface area contributed by atoms with E-state index in [1.807, 2.05) is 45.0 Å². The van der Waals surface area contributed by atoms with Crippen LogP contribution in [0.4, 0.5) is 15.3 Å². The number of aromatic nitrogens is 1. The normalized spacial score (nSPS) is 13.9. The molecule has 0 atom stereocenters. The number of anilines is 1. The molecule has 1 saturated heterocycles. The van der Waals surface area contributed by atoms with Crippen LogP contribution in [0.1, 0.15) is 65.7 Å². The summed E-state index contributed by atoms with van der Waals surface area (Å²) >= 11 is 5.90. The molecule has 0 aliphatic carbocycles. The van der Waals surface area contributed by atoms with Crippen molar-refractivity contribution in [2.75, 3.05) is 37.7 Å². The Morgan fingerprint density at radius 1 is 1.04 bits per heavy atom. The highest BCUT2D eigenvalue weighted by Gasteiger charge is 2.27. The molecule has 0 spiro atoms. The van der Waals surface area contributed by atoms with Crippen LogP contribution in [0.25, 0.3) is 0 Å². The van der Waals surface area contributed by atoms with Crippen molar-refractivity contribution in [1.82, 2.24) is 4.90 Å². The Hall–Kier alpha value is -4.24. The number of hydrogen-bond acceptors (Lipinski definition) is 8. The number of unbranched alkanes of at least 4 members (excludes halogenated alkanes) is 3. The van der Waals surface area contributed by atoms with Crippen molar-refractivity contribution in [1.29, 1.82) is 5.26 Å². The first kappa shape index (κ1) is 36.2. The van der Waals surface area contributed by atoms with E-state index in [9.17, 15) is 9.59 Å². The van der Waals surface area contributed by atoms with E-state index in [4.69, 9.17) is 41.5 Å². The molecule has 0 bridgehead atoms. The largest absolute Gasteiger partial charge is 0.513 e. The lowest BCUT2D eigenvalue weighted by molar-refractivity contribution is -0.727. The van der Waals surface area contributed by atoms with Gasteiger partial charge in [0.1, 0.15) is 11.4 Å². The van der Waals surface area contributed by atoms with Crippen molar-refractivity contribution in [3.63, 3.8) is 0 Å². The van der Waals surface area contributed by atoms with Crippen LogP contribution in [0.5, 0.6) is 5.75 Å². The number of rotatable bonds is 14. The highest BCUT2D eigenvalue weighted by Crippen LogP contribution is 2.22. The number of piperidine rings is 1. The number of nitriles is 1. The van der Waals surface area contributed by atoms with Crippen LogP contribution in [-0.2, 0) is 20.9 Å². The van der Waals surface area contributed by atoms with E-state index in [2.05, 4.69) is 4.99 Å². The number of pyridine rings is 1. The van der Waals surface area contributed by atoms with Gasteiger partial charge in [0, 0.05) is 36.8 Å². The quantitative estimate of drug-likeness (QED) is 0.0644. The third-order valence-electron chi connectivity index (χ3n) is 7.33. The van der Waals surface area contributed by atoms with Crippen LogP contribution < -0.4 is 19.9 Å². The molecule has 2 heterocycles. The molecule has 0 radical (unpaired) electrons. The number of likely N-dealkylation sites (tertiary alicyclic amines) is 1. The summed E-state index contributed by atoms with van der Waals surface area (Å²) in [7, 11) is 0. The smallest absolute Gasteiger partial charge is 0.494 e. The molecule has 2 N–H and O–H groups in total. The molecule has 2 aromatic rings. The minimum atomic E-state index is -0.742. The van der Waals surface area contributed by atoms with Crippen molar-refractivity contribution in [3.8, 4) is 11.9 Å². The van der Waals surface area contributed by atoms with E-state index in [1.165, 1.54) is 0 Å². The van der Waals surface area contributed by atoms with Crippen LogP contribution in [0, 0.1) is 17.4 Å². The number of carbonyl (C=O) groups excluding carboxylic acids is 2. The number of hydrogen-bond donors (Lipinski definition) is 1. The van der Waals surface area contributed by atoms with Crippen LogP contribution >= 0.6 is 11.6 Å². The minimum Gasteiger partial charge on any atom is -0.494 e. The SMILES string of the molecule is CC(C)(C)OC(=O)N1CCC(CCOC(=O)OC[n+]2ccc(N(CCCCCCOc3ccc(Cl)cc3)C(N)=NC#N)cc2)CC1. The van der Waals surface area contributed by atoms with Crippen molar-refractivity contribution >= 4 is 35.5 Å². The van der Waals surface area contributed by atoms with Crippen molar-refractivity contribution in [3.05, 3.63) is 53.8 Å². The monoisotopic (exact) mass is 657 g/mol. The average Bonchev–Trinajstić information content (AvgIpc) is 3.02. The Morgan fingerprint density at radius 3 is 2.37 bits per heavy atom. The zero-order chi connectivity index (χ0) is 33.4. The summed E-state index contributed by atoms with van der Waals surface area (Å²) in [5.74, 6) is 1.27. The van der Waals surface area contributed by atoms with E-state index in [0.29, 0.717) is 43.6 Å². The van der Waals surface area contributed by atoms with E-state index >= 15 is 0 Å². The highest BCUT2D eigenvalue weighted by molar-refractivity contribution is 6.30. The first-order chi connectivity index (χ1) is 22.0. The van der Waals surface area contributed by atoms with Gasteiger partial charge in [-0.3, -0.25) is 0 Å². The Bertz CT molecular complexity index is 1300. The third-order valence-corrected chi connectivity index (χ3v) is 7.58. The summed E-state index contributed by atoms with van der Waals surface area (Å²) in [5.41, 5.74) is 6.33. The Balaban J connectivity index is 1.33. The Morgan fingerprint density at radius 2 is 1.72 bits per heavy atom. The number of carbonyl (C=O) groups is 2. The maximum atomic E-state index is 12.2. The molecular formula is C33H46ClN6O6+. The maximum absolute atomic E-state index is 12.2. The molecule has 1 fully saturated rings. The molecule has 1 aromatic heterocycles. The van der Waals surface area contributed by atoms with Crippen LogP contribution in [-0.4, -0.2) is 61.6 Å². The van der Waals surface area contributed by atoms with Crippen LogP contribution in [0.3, 0.4) is 0 Å². The zero-order valence-corrected chi connectivity index (χ0v) is 27.8. The zero-order valence-electron chi connectivity index (χ0n) is 27.0. The molecular weight excluding hydrogens is 612 g/mol. The minimum absolute atomic E-state index is 0.0206. The third kappa shape index (κ3) is 13.4. The van der Waals surface area contributed by atoms with Gasteiger partial charge in [0.05, 0.1) is 18.9 Å². The standard InChI is InChI=1S/C33H46ClN6O6/c1-33(2,3)46-31(41)39-20-12-26(13-21-39)16-23-44-32(42)45-25-38-18-14-28(15-19-38)40(30(36)37-24-35)17-6-4-5-7-22-43-29-10-8-27(34)9-11-29/h8-11,14-15,18-19,26H,4-7,12-13,16-17,20-23,25H2,1-3H3,(H2,36,37)/q+1. The molecule has 1 amide bonds. The second-order valence-corrected chi connectivity index (χ2v) is 12.5. The van der Waals surface area contributed by atoms with Gasteiger partial charge in [-0.25, -0.2) is 9.59 Å². The highest BCUT2D eigenvalue weighted by atomic mass is 35.5. The van der Waals surface area contributed by atoms with E-state index in [1.54, 1.807) is 45.1 Å².